The van der Waals surface area contributed by atoms with Crippen molar-refractivity contribution >= 4 is 27.5 Å². The standard InChI is InChI=1S/C31H45F3N4O8S/c1-19-16-38(20(2)18-39)30(41)25-15-24(35-28(40)12-13-31(32,33)34)10-11-26(25)45-21(3)9-7-8-14-44-27(19)17-37(6)47(42,43)29-22(4)36-46-23(29)5/h10-11,15,19-21,27,39H,7-9,12-14,16-18H2,1-6H3,(H,35,40)/t19-,20+,21-,27-/m1/s1. The molecule has 16 heteroatoms. The van der Waals surface area contributed by atoms with Crippen molar-refractivity contribution in [1.29, 1.82) is 0 Å². The van der Waals surface area contributed by atoms with E-state index in [1.165, 1.54) is 41.4 Å². The van der Waals surface area contributed by atoms with Gasteiger partial charge in [0.15, 0.2) is 5.76 Å². The highest BCUT2D eigenvalue weighted by atomic mass is 32.2. The molecule has 0 unspecified atom stereocenters. The molecule has 2 heterocycles. The number of carbonyl (C=O) groups excluding carboxylic acids is 2. The fraction of sp³-hybridized carbons (Fsp3) is 0.645. The maximum absolute atomic E-state index is 14.2. The first-order chi connectivity index (χ1) is 21.9. The maximum Gasteiger partial charge on any atom is 0.389 e. The summed E-state index contributed by atoms with van der Waals surface area (Å²) in [6, 6.07) is 3.59. The van der Waals surface area contributed by atoms with E-state index in [9.17, 15) is 36.3 Å². The van der Waals surface area contributed by atoms with Gasteiger partial charge in [0.1, 0.15) is 16.3 Å². The molecule has 3 rings (SSSR count). The van der Waals surface area contributed by atoms with E-state index in [0.717, 1.165) is 0 Å². The van der Waals surface area contributed by atoms with Gasteiger partial charge in [0.05, 0.1) is 36.8 Å². The molecule has 1 aromatic carbocycles. The summed E-state index contributed by atoms with van der Waals surface area (Å²) in [6.45, 7) is 8.28. The lowest BCUT2D eigenvalue weighted by Crippen LogP contribution is -2.48. The van der Waals surface area contributed by atoms with Crippen LogP contribution >= 0.6 is 0 Å². The number of aromatic nitrogens is 1. The minimum Gasteiger partial charge on any atom is -0.490 e. The highest BCUT2D eigenvalue weighted by Crippen LogP contribution is 2.30. The first-order valence-corrected chi connectivity index (χ1v) is 17.0. The van der Waals surface area contributed by atoms with Gasteiger partial charge in [0.2, 0.25) is 15.9 Å². The monoisotopic (exact) mass is 690 g/mol. The normalized spacial score (nSPS) is 21.1. The first-order valence-electron chi connectivity index (χ1n) is 15.5. The van der Waals surface area contributed by atoms with Gasteiger partial charge >= 0.3 is 6.18 Å². The summed E-state index contributed by atoms with van der Waals surface area (Å²) in [5.74, 6) is -1.48. The van der Waals surface area contributed by atoms with E-state index in [4.69, 9.17) is 14.0 Å². The third kappa shape index (κ3) is 10.4. The summed E-state index contributed by atoms with van der Waals surface area (Å²) in [7, 11) is -2.57. The number of alkyl halides is 3. The van der Waals surface area contributed by atoms with E-state index in [1.807, 2.05) is 13.8 Å². The molecule has 47 heavy (non-hydrogen) atoms. The zero-order chi connectivity index (χ0) is 35.1. The number of nitrogens with zero attached hydrogens (tertiary/aromatic N) is 3. The summed E-state index contributed by atoms with van der Waals surface area (Å²) < 4.78 is 83.6. The number of halogens is 3. The molecule has 2 N–H and O–H groups in total. The second-order valence-corrected chi connectivity index (χ2v) is 14.1. The highest BCUT2D eigenvalue weighted by Gasteiger charge is 2.34. The molecule has 0 bridgehead atoms. The van der Waals surface area contributed by atoms with Gasteiger partial charge in [-0.05, 0) is 65.2 Å². The van der Waals surface area contributed by atoms with Crippen LogP contribution < -0.4 is 10.1 Å². The number of nitrogens with one attached hydrogen (secondary N) is 1. The van der Waals surface area contributed by atoms with E-state index in [0.29, 0.717) is 25.9 Å². The van der Waals surface area contributed by atoms with Crippen LogP contribution in [0.3, 0.4) is 0 Å². The van der Waals surface area contributed by atoms with E-state index in [1.54, 1.807) is 13.8 Å². The molecular weight excluding hydrogens is 645 g/mol. The van der Waals surface area contributed by atoms with Crippen molar-refractivity contribution in [3.05, 3.63) is 35.2 Å². The lowest BCUT2D eigenvalue weighted by molar-refractivity contribution is -0.142. The Hall–Kier alpha value is -3.21. The Morgan fingerprint density at radius 3 is 2.55 bits per heavy atom. The van der Waals surface area contributed by atoms with Gasteiger partial charge < -0.3 is 29.3 Å². The summed E-state index contributed by atoms with van der Waals surface area (Å²) in [6.07, 6.45) is -5.60. The number of rotatable bonds is 9. The molecule has 2 amide bonds. The zero-order valence-corrected chi connectivity index (χ0v) is 28.4. The van der Waals surface area contributed by atoms with Crippen LogP contribution in [0.1, 0.15) is 74.7 Å². The average molecular weight is 691 g/mol. The van der Waals surface area contributed by atoms with Crippen LogP contribution in [0.2, 0.25) is 0 Å². The van der Waals surface area contributed by atoms with Crippen molar-refractivity contribution < 1.29 is 50.3 Å². The lowest BCUT2D eigenvalue weighted by Gasteiger charge is -2.35. The van der Waals surface area contributed by atoms with E-state index < -0.39 is 65.5 Å². The molecule has 0 saturated heterocycles. The summed E-state index contributed by atoms with van der Waals surface area (Å²) in [4.78, 5) is 27.8. The van der Waals surface area contributed by atoms with E-state index in [2.05, 4.69) is 10.5 Å². The minimum atomic E-state index is -4.50. The molecule has 2 aromatic rings. The molecule has 1 aromatic heterocycles. The molecule has 264 valence electrons. The largest absolute Gasteiger partial charge is 0.490 e. The summed E-state index contributed by atoms with van der Waals surface area (Å²) >= 11 is 0. The molecule has 0 radical (unpaired) electrons. The number of fused-ring (bicyclic) bond motifs is 1. The number of sulfonamides is 1. The molecule has 1 aliphatic heterocycles. The van der Waals surface area contributed by atoms with Crippen LogP contribution in [-0.2, 0) is 19.6 Å². The predicted octanol–water partition coefficient (Wildman–Crippen LogP) is 4.69. The van der Waals surface area contributed by atoms with Crippen LogP contribution in [-0.4, -0.2) is 97.5 Å². The molecule has 0 saturated carbocycles. The Balaban J connectivity index is 1.95. The highest BCUT2D eigenvalue weighted by molar-refractivity contribution is 7.89. The molecule has 0 spiro atoms. The molecule has 0 aliphatic carbocycles. The number of hydrogen-bond acceptors (Lipinski definition) is 9. The molecule has 12 nitrogen and oxygen atoms in total. The van der Waals surface area contributed by atoms with Gasteiger partial charge in [-0.2, -0.15) is 17.5 Å². The SMILES string of the molecule is Cc1noc(C)c1S(=O)(=O)N(C)C[C@H]1OCCCC[C@@H](C)Oc2ccc(NC(=O)CCC(F)(F)F)cc2C(=O)N([C@@H](C)CO)C[C@H]1C. The maximum atomic E-state index is 14.2. The quantitative estimate of drug-likeness (QED) is 0.382. The number of anilines is 1. The van der Waals surface area contributed by atoms with Crippen LogP contribution in [0.4, 0.5) is 18.9 Å². The van der Waals surface area contributed by atoms with Crippen molar-refractivity contribution in [2.75, 3.05) is 38.7 Å². The third-order valence-corrected chi connectivity index (χ3v) is 10.1. The predicted molar refractivity (Wildman–Crippen MR) is 167 cm³/mol. The van der Waals surface area contributed by atoms with Crippen LogP contribution in [0.5, 0.6) is 5.75 Å². The third-order valence-electron chi connectivity index (χ3n) is 8.04. The van der Waals surface area contributed by atoms with Crippen molar-refractivity contribution in [2.45, 2.75) is 96.0 Å². The number of likely N-dealkylation sites (N-methyl/N-ethyl adjacent to an activating group) is 1. The molecule has 0 fully saturated rings. The number of hydrogen-bond donors (Lipinski definition) is 2. The topological polar surface area (TPSA) is 152 Å². The zero-order valence-electron chi connectivity index (χ0n) is 27.6. The van der Waals surface area contributed by atoms with Gasteiger partial charge in [-0.25, -0.2) is 8.42 Å². The van der Waals surface area contributed by atoms with Gasteiger partial charge in [-0.3, -0.25) is 9.59 Å². The smallest absolute Gasteiger partial charge is 0.389 e. The fourth-order valence-corrected chi connectivity index (χ4v) is 6.76. The Morgan fingerprint density at radius 2 is 1.94 bits per heavy atom. The molecule has 1 aliphatic rings. The lowest BCUT2D eigenvalue weighted by atomic mass is 10.0. The second kappa shape index (κ2) is 16.3. The number of aryl methyl sites for hydroxylation is 2. The number of benzene rings is 1. The summed E-state index contributed by atoms with van der Waals surface area (Å²) in [5, 5.41) is 16.3. The van der Waals surface area contributed by atoms with Crippen molar-refractivity contribution in [3.63, 3.8) is 0 Å². The average Bonchev–Trinajstić information content (AvgIpc) is 3.35. The van der Waals surface area contributed by atoms with Crippen molar-refractivity contribution in [2.24, 2.45) is 5.92 Å². The van der Waals surface area contributed by atoms with Gasteiger partial charge in [-0.15, -0.1) is 0 Å². The molecular formula is C31H45F3N4O8S. The van der Waals surface area contributed by atoms with Crippen LogP contribution in [0.15, 0.2) is 27.6 Å². The Labute approximate surface area is 273 Å². The Morgan fingerprint density at radius 1 is 1.23 bits per heavy atom. The number of aliphatic hydroxyl groups excluding tert-OH is 1. The van der Waals surface area contributed by atoms with Crippen LogP contribution in [0.25, 0.3) is 0 Å². The Bertz CT molecular complexity index is 1460. The second-order valence-electron chi connectivity index (χ2n) is 12.1. The number of ether oxygens (including phenoxy) is 2. The fourth-order valence-electron chi connectivity index (χ4n) is 5.29. The van der Waals surface area contributed by atoms with Gasteiger partial charge in [-0.1, -0.05) is 12.1 Å². The van der Waals surface area contributed by atoms with Crippen LogP contribution in [0, 0.1) is 19.8 Å². The van der Waals surface area contributed by atoms with Gasteiger partial charge in [0.25, 0.3) is 5.91 Å². The molecule has 4 atom stereocenters. The minimum absolute atomic E-state index is 0.0221. The number of carbonyl (C=O) groups is 2. The first kappa shape index (κ1) is 38.2. The van der Waals surface area contributed by atoms with Crippen molar-refractivity contribution in [1.82, 2.24) is 14.4 Å². The van der Waals surface area contributed by atoms with E-state index >= 15 is 0 Å². The Kier molecular flexibility index (Phi) is 13.2. The van der Waals surface area contributed by atoms with Gasteiger partial charge in [0, 0.05) is 44.8 Å². The number of amides is 2. The van der Waals surface area contributed by atoms with Crippen molar-refractivity contribution in [3.8, 4) is 5.75 Å². The summed E-state index contributed by atoms with van der Waals surface area (Å²) in [5.41, 5.74) is 0.387. The van der Waals surface area contributed by atoms with E-state index in [-0.39, 0.29) is 52.5 Å². The number of aliphatic hydroxyl groups is 1.